The zero-order chi connectivity index (χ0) is 11.4. The molecule has 1 aromatic carbocycles. The van der Waals surface area contributed by atoms with Crippen molar-refractivity contribution < 1.29 is 0 Å². The molecule has 0 atom stereocenters. The van der Waals surface area contributed by atoms with Crippen molar-refractivity contribution in [3.63, 3.8) is 0 Å². The smallest absolute Gasteiger partial charge is 0.0925 e. The molecule has 0 fully saturated rings. The Hall–Kier alpha value is -1.13. The minimum absolute atomic E-state index is 0.788. The van der Waals surface area contributed by atoms with E-state index in [4.69, 9.17) is 0 Å². The van der Waals surface area contributed by atoms with Gasteiger partial charge in [-0.25, -0.2) is 4.98 Å². The van der Waals surface area contributed by atoms with Gasteiger partial charge in [-0.15, -0.1) is 0 Å². The molecule has 4 heteroatoms. The number of rotatable bonds is 4. The number of hydrogen-bond acceptors (Lipinski definition) is 2. The highest BCUT2D eigenvalue weighted by Gasteiger charge is 2.01. The molecule has 2 aromatic rings. The van der Waals surface area contributed by atoms with Gasteiger partial charge in [0, 0.05) is 23.3 Å². The quantitative estimate of drug-likeness (QED) is 0.904. The van der Waals surface area contributed by atoms with Crippen LogP contribution in [0.5, 0.6) is 0 Å². The van der Waals surface area contributed by atoms with Gasteiger partial charge in [0.05, 0.1) is 12.0 Å². The maximum absolute atomic E-state index is 4.24. The van der Waals surface area contributed by atoms with Crippen molar-refractivity contribution in [1.29, 1.82) is 0 Å². The third-order valence-electron chi connectivity index (χ3n) is 2.50. The molecule has 3 nitrogen and oxygen atoms in total. The lowest BCUT2D eigenvalue weighted by Gasteiger charge is -2.05. The summed E-state index contributed by atoms with van der Waals surface area (Å²) in [7, 11) is 0. The Balaban J connectivity index is 1.89. The van der Waals surface area contributed by atoms with E-state index < -0.39 is 0 Å². The standard InChI is InChI=1S/C12H14BrN3/c1-9-12(16-8-15-9)7-14-6-10-4-2-3-5-11(10)13/h2-5,8,14H,6-7H2,1H3,(H,15,16). The van der Waals surface area contributed by atoms with Gasteiger partial charge in [-0.1, -0.05) is 34.1 Å². The van der Waals surface area contributed by atoms with Crippen LogP contribution in [-0.4, -0.2) is 9.97 Å². The van der Waals surface area contributed by atoms with Crippen LogP contribution in [0, 0.1) is 6.92 Å². The molecule has 0 saturated heterocycles. The fraction of sp³-hybridized carbons (Fsp3) is 0.250. The lowest BCUT2D eigenvalue weighted by atomic mass is 10.2. The summed E-state index contributed by atoms with van der Waals surface area (Å²) in [5.41, 5.74) is 3.46. The molecule has 1 heterocycles. The molecule has 0 amide bonds. The number of H-pyrrole nitrogens is 1. The van der Waals surface area contributed by atoms with Crippen molar-refractivity contribution in [3.8, 4) is 0 Å². The molecule has 0 bridgehead atoms. The topological polar surface area (TPSA) is 40.7 Å². The first-order chi connectivity index (χ1) is 7.77. The first-order valence-electron chi connectivity index (χ1n) is 5.20. The Labute approximate surface area is 103 Å². The van der Waals surface area contributed by atoms with Gasteiger partial charge in [0.25, 0.3) is 0 Å². The highest BCUT2D eigenvalue weighted by molar-refractivity contribution is 9.10. The lowest BCUT2D eigenvalue weighted by Crippen LogP contribution is -2.13. The molecule has 0 aliphatic carbocycles. The van der Waals surface area contributed by atoms with E-state index in [9.17, 15) is 0 Å². The number of benzene rings is 1. The first-order valence-corrected chi connectivity index (χ1v) is 5.99. The SMILES string of the molecule is Cc1[nH]cnc1CNCc1ccccc1Br. The molecular weight excluding hydrogens is 266 g/mol. The zero-order valence-corrected chi connectivity index (χ0v) is 10.7. The lowest BCUT2D eigenvalue weighted by molar-refractivity contribution is 0.677. The van der Waals surface area contributed by atoms with Crippen LogP contribution in [0.15, 0.2) is 35.1 Å². The van der Waals surface area contributed by atoms with Crippen molar-refractivity contribution in [2.75, 3.05) is 0 Å². The van der Waals surface area contributed by atoms with Gasteiger partial charge in [-0.05, 0) is 18.6 Å². The molecule has 0 saturated carbocycles. The second kappa shape index (κ2) is 5.27. The third-order valence-corrected chi connectivity index (χ3v) is 3.27. The second-order valence-corrected chi connectivity index (χ2v) is 4.52. The molecular formula is C12H14BrN3. The summed E-state index contributed by atoms with van der Waals surface area (Å²) in [5.74, 6) is 0. The van der Waals surface area contributed by atoms with Gasteiger partial charge in [0.15, 0.2) is 0 Å². The Morgan fingerprint density at radius 3 is 2.81 bits per heavy atom. The minimum atomic E-state index is 0.788. The van der Waals surface area contributed by atoms with E-state index in [-0.39, 0.29) is 0 Å². The zero-order valence-electron chi connectivity index (χ0n) is 9.13. The number of nitrogens with zero attached hydrogens (tertiary/aromatic N) is 1. The number of nitrogens with one attached hydrogen (secondary N) is 2. The van der Waals surface area contributed by atoms with E-state index in [1.54, 1.807) is 6.33 Å². The van der Waals surface area contributed by atoms with Crippen LogP contribution < -0.4 is 5.32 Å². The van der Waals surface area contributed by atoms with Crippen molar-refractivity contribution in [2.45, 2.75) is 20.0 Å². The van der Waals surface area contributed by atoms with Crippen LogP contribution in [0.25, 0.3) is 0 Å². The molecule has 1 aromatic heterocycles. The molecule has 0 radical (unpaired) electrons. The van der Waals surface area contributed by atoms with E-state index in [2.05, 4.69) is 43.3 Å². The summed E-state index contributed by atoms with van der Waals surface area (Å²) in [5, 5.41) is 3.37. The molecule has 16 heavy (non-hydrogen) atoms. The summed E-state index contributed by atoms with van der Waals surface area (Å²) in [6.45, 7) is 3.66. The predicted molar refractivity (Wildman–Crippen MR) is 68.0 cm³/mol. The molecule has 0 aliphatic heterocycles. The Kier molecular flexibility index (Phi) is 3.74. The average Bonchev–Trinajstić information content (AvgIpc) is 2.67. The van der Waals surface area contributed by atoms with Crippen LogP contribution in [-0.2, 0) is 13.1 Å². The number of aryl methyl sites for hydroxylation is 1. The minimum Gasteiger partial charge on any atom is -0.348 e. The van der Waals surface area contributed by atoms with Gasteiger partial charge in [-0.3, -0.25) is 0 Å². The Bertz CT molecular complexity index is 465. The van der Waals surface area contributed by atoms with Crippen LogP contribution >= 0.6 is 15.9 Å². The molecule has 0 unspecified atom stereocenters. The molecule has 2 N–H and O–H groups in total. The first kappa shape index (κ1) is 11.4. The normalized spacial score (nSPS) is 10.6. The van der Waals surface area contributed by atoms with E-state index in [0.717, 1.165) is 29.0 Å². The van der Waals surface area contributed by atoms with Crippen LogP contribution in [0.1, 0.15) is 17.0 Å². The van der Waals surface area contributed by atoms with Crippen LogP contribution in [0.3, 0.4) is 0 Å². The Morgan fingerprint density at radius 1 is 1.31 bits per heavy atom. The van der Waals surface area contributed by atoms with E-state index >= 15 is 0 Å². The van der Waals surface area contributed by atoms with Crippen molar-refractivity contribution in [1.82, 2.24) is 15.3 Å². The van der Waals surface area contributed by atoms with Gasteiger partial charge in [-0.2, -0.15) is 0 Å². The van der Waals surface area contributed by atoms with E-state index in [1.807, 2.05) is 19.1 Å². The van der Waals surface area contributed by atoms with Gasteiger partial charge >= 0.3 is 0 Å². The van der Waals surface area contributed by atoms with Crippen molar-refractivity contribution in [2.24, 2.45) is 0 Å². The summed E-state index contributed by atoms with van der Waals surface area (Å²) in [4.78, 5) is 7.31. The molecule has 84 valence electrons. The van der Waals surface area contributed by atoms with Crippen molar-refractivity contribution >= 4 is 15.9 Å². The number of aromatic amines is 1. The number of imidazole rings is 1. The van der Waals surface area contributed by atoms with E-state index in [1.165, 1.54) is 5.56 Å². The fourth-order valence-corrected chi connectivity index (χ4v) is 1.95. The Morgan fingerprint density at radius 2 is 2.12 bits per heavy atom. The monoisotopic (exact) mass is 279 g/mol. The maximum atomic E-state index is 4.24. The summed E-state index contributed by atoms with van der Waals surface area (Å²) in [6, 6.07) is 8.22. The summed E-state index contributed by atoms with van der Waals surface area (Å²) >= 11 is 3.53. The summed E-state index contributed by atoms with van der Waals surface area (Å²) < 4.78 is 1.14. The average molecular weight is 280 g/mol. The number of hydrogen-bond donors (Lipinski definition) is 2. The highest BCUT2D eigenvalue weighted by atomic mass is 79.9. The fourth-order valence-electron chi connectivity index (χ4n) is 1.52. The van der Waals surface area contributed by atoms with E-state index in [0.29, 0.717) is 0 Å². The maximum Gasteiger partial charge on any atom is 0.0925 e. The molecule has 0 spiro atoms. The van der Waals surface area contributed by atoms with Gasteiger partial charge in [0.1, 0.15) is 0 Å². The van der Waals surface area contributed by atoms with Crippen molar-refractivity contribution in [3.05, 3.63) is 52.0 Å². The number of halogens is 1. The summed E-state index contributed by atoms with van der Waals surface area (Å²) in [6.07, 6.45) is 1.73. The predicted octanol–water partition coefficient (Wildman–Crippen LogP) is 2.77. The van der Waals surface area contributed by atoms with Gasteiger partial charge in [0.2, 0.25) is 0 Å². The molecule has 0 aliphatic rings. The molecule has 2 rings (SSSR count). The number of aromatic nitrogens is 2. The largest absolute Gasteiger partial charge is 0.348 e. The highest BCUT2D eigenvalue weighted by Crippen LogP contribution is 2.15. The third kappa shape index (κ3) is 2.71. The van der Waals surface area contributed by atoms with Crippen LogP contribution in [0.2, 0.25) is 0 Å². The second-order valence-electron chi connectivity index (χ2n) is 3.67. The van der Waals surface area contributed by atoms with Crippen LogP contribution in [0.4, 0.5) is 0 Å². The van der Waals surface area contributed by atoms with Gasteiger partial charge < -0.3 is 10.3 Å².